The molecule has 4 nitrogen and oxygen atoms in total. The Kier molecular flexibility index (Phi) is 2.91. The van der Waals surface area contributed by atoms with Gasteiger partial charge in [0.25, 0.3) is 0 Å². The van der Waals surface area contributed by atoms with Crippen molar-refractivity contribution < 1.29 is 19.3 Å². The molecular weight excluding hydrogens is 220 g/mol. The van der Waals surface area contributed by atoms with Crippen LogP contribution in [0.1, 0.15) is 24.5 Å². The molecule has 2 aliphatic rings. The van der Waals surface area contributed by atoms with E-state index < -0.39 is 6.10 Å². The predicted octanol–water partition coefficient (Wildman–Crippen LogP) is 1.67. The molecule has 92 valence electrons. The highest BCUT2D eigenvalue weighted by molar-refractivity contribution is 5.44. The van der Waals surface area contributed by atoms with E-state index in [0.29, 0.717) is 13.2 Å². The van der Waals surface area contributed by atoms with Gasteiger partial charge in [0.2, 0.25) is 0 Å². The Morgan fingerprint density at radius 1 is 1.41 bits per heavy atom. The molecular formula is C13H16O4. The molecule has 0 spiro atoms. The van der Waals surface area contributed by atoms with Crippen molar-refractivity contribution in [1.29, 1.82) is 0 Å². The molecule has 4 heteroatoms. The van der Waals surface area contributed by atoms with Gasteiger partial charge in [0.1, 0.15) is 30.8 Å². The zero-order chi connectivity index (χ0) is 11.7. The number of aliphatic hydroxyl groups is 1. The average Bonchev–Trinajstić information content (AvgIpc) is 2.97. The first kappa shape index (κ1) is 10.9. The smallest absolute Gasteiger partial charge is 0.129 e. The summed E-state index contributed by atoms with van der Waals surface area (Å²) in [5.74, 6) is 1.50. The third-order valence-corrected chi connectivity index (χ3v) is 3.20. The molecule has 17 heavy (non-hydrogen) atoms. The molecule has 2 aliphatic heterocycles. The lowest BCUT2D eigenvalue weighted by Crippen LogP contribution is -2.16. The van der Waals surface area contributed by atoms with E-state index in [1.54, 1.807) is 0 Å². The maximum absolute atomic E-state index is 9.59. The first-order chi connectivity index (χ1) is 8.33. The van der Waals surface area contributed by atoms with E-state index in [0.717, 1.165) is 36.5 Å². The summed E-state index contributed by atoms with van der Waals surface area (Å²) < 4.78 is 16.5. The fourth-order valence-electron chi connectivity index (χ4n) is 2.23. The number of benzene rings is 1. The topological polar surface area (TPSA) is 47.9 Å². The Bertz CT molecular complexity index is 398. The first-order valence-corrected chi connectivity index (χ1v) is 6.02. The molecule has 1 aromatic rings. The van der Waals surface area contributed by atoms with Crippen LogP contribution in [0, 0.1) is 0 Å². The molecule has 3 rings (SSSR count). The summed E-state index contributed by atoms with van der Waals surface area (Å²) >= 11 is 0. The van der Waals surface area contributed by atoms with Crippen molar-refractivity contribution in [1.82, 2.24) is 0 Å². The second kappa shape index (κ2) is 4.55. The zero-order valence-corrected chi connectivity index (χ0v) is 9.59. The molecule has 1 saturated heterocycles. The molecule has 2 heterocycles. The number of hydrogen-bond acceptors (Lipinski definition) is 4. The van der Waals surface area contributed by atoms with E-state index in [1.807, 2.05) is 18.2 Å². The van der Waals surface area contributed by atoms with E-state index >= 15 is 0 Å². The Morgan fingerprint density at radius 2 is 2.35 bits per heavy atom. The van der Waals surface area contributed by atoms with Crippen molar-refractivity contribution in [2.75, 3.05) is 19.8 Å². The van der Waals surface area contributed by atoms with Crippen LogP contribution >= 0.6 is 0 Å². The largest absolute Gasteiger partial charge is 0.491 e. The lowest BCUT2D eigenvalue weighted by Gasteiger charge is -2.12. The average molecular weight is 236 g/mol. The first-order valence-electron chi connectivity index (χ1n) is 6.02. The summed E-state index contributed by atoms with van der Waals surface area (Å²) in [6.07, 6.45) is 1.90. The maximum Gasteiger partial charge on any atom is 0.129 e. The van der Waals surface area contributed by atoms with Crippen LogP contribution in [0.3, 0.4) is 0 Å². The number of rotatable bonds is 3. The van der Waals surface area contributed by atoms with Crippen molar-refractivity contribution in [3.8, 4) is 11.5 Å². The Hall–Kier alpha value is -1.26. The second-order valence-corrected chi connectivity index (χ2v) is 4.47. The number of fused-ring (bicyclic) bond motifs is 1. The molecule has 0 bridgehead atoms. The minimum Gasteiger partial charge on any atom is -0.491 e. The van der Waals surface area contributed by atoms with Crippen LogP contribution < -0.4 is 9.47 Å². The van der Waals surface area contributed by atoms with Gasteiger partial charge in [-0.05, 0) is 25.0 Å². The molecule has 0 radical (unpaired) electrons. The van der Waals surface area contributed by atoms with Crippen molar-refractivity contribution in [2.24, 2.45) is 0 Å². The lowest BCUT2D eigenvalue weighted by molar-refractivity contribution is 0.0679. The minimum atomic E-state index is -0.503. The van der Waals surface area contributed by atoms with Gasteiger partial charge in [-0.3, -0.25) is 0 Å². The second-order valence-electron chi connectivity index (χ2n) is 4.47. The van der Waals surface area contributed by atoms with E-state index in [1.165, 1.54) is 0 Å². The molecule has 1 fully saturated rings. The highest BCUT2D eigenvalue weighted by Crippen LogP contribution is 2.35. The number of ether oxygens (including phenoxy) is 3. The monoisotopic (exact) mass is 236 g/mol. The molecule has 1 N–H and O–H groups in total. The summed E-state index contributed by atoms with van der Waals surface area (Å²) in [4.78, 5) is 0. The van der Waals surface area contributed by atoms with Crippen molar-refractivity contribution >= 4 is 0 Å². The number of aliphatic hydroxyl groups excluding tert-OH is 1. The van der Waals surface area contributed by atoms with Crippen molar-refractivity contribution in [3.63, 3.8) is 0 Å². The van der Waals surface area contributed by atoms with Crippen LogP contribution in [-0.2, 0) is 4.74 Å². The van der Waals surface area contributed by atoms with Crippen LogP contribution in [0.2, 0.25) is 0 Å². The van der Waals surface area contributed by atoms with Crippen LogP contribution in [-0.4, -0.2) is 31.0 Å². The van der Waals surface area contributed by atoms with Gasteiger partial charge in [0.05, 0.1) is 6.10 Å². The Morgan fingerprint density at radius 3 is 3.18 bits per heavy atom. The van der Waals surface area contributed by atoms with Gasteiger partial charge >= 0.3 is 0 Å². The Labute approximate surface area is 100 Å². The fraction of sp³-hybridized carbons (Fsp3) is 0.538. The standard InChI is InChI=1S/C13H16O4/c14-12-8-17-13-6-9(3-4-11(12)13)16-7-10-2-1-5-15-10/h3-4,6,10,12,14H,1-2,5,7-8H2. The van der Waals surface area contributed by atoms with Crippen LogP contribution in [0.15, 0.2) is 18.2 Å². The highest BCUT2D eigenvalue weighted by atomic mass is 16.5. The van der Waals surface area contributed by atoms with Crippen LogP contribution in [0.25, 0.3) is 0 Å². The minimum absolute atomic E-state index is 0.217. The van der Waals surface area contributed by atoms with Gasteiger partial charge in [0.15, 0.2) is 0 Å². The summed E-state index contributed by atoms with van der Waals surface area (Å²) in [6.45, 7) is 1.76. The predicted molar refractivity (Wildman–Crippen MR) is 61.4 cm³/mol. The highest BCUT2D eigenvalue weighted by Gasteiger charge is 2.22. The van der Waals surface area contributed by atoms with Gasteiger partial charge in [-0.1, -0.05) is 0 Å². The number of hydrogen-bond donors (Lipinski definition) is 1. The van der Waals surface area contributed by atoms with E-state index in [4.69, 9.17) is 14.2 Å². The SMILES string of the molecule is OC1COc2cc(OCC3CCCO3)ccc21. The van der Waals surface area contributed by atoms with Gasteiger partial charge in [-0.15, -0.1) is 0 Å². The summed E-state index contributed by atoms with van der Waals surface area (Å²) in [5, 5.41) is 9.59. The molecule has 0 aliphatic carbocycles. The van der Waals surface area contributed by atoms with Gasteiger partial charge in [-0.2, -0.15) is 0 Å². The normalized spacial score (nSPS) is 26.6. The Balaban J connectivity index is 1.64. The van der Waals surface area contributed by atoms with Crippen molar-refractivity contribution in [2.45, 2.75) is 25.0 Å². The van der Waals surface area contributed by atoms with Crippen LogP contribution in [0.5, 0.6) is 11.5 Å². The van der Waals surface area contributed by atoms with Crippen molar-refractivity contribution in [3.05, 3.63) is 23.8 Å². The van der Waals surface area contributed by atoms with E-state index in [-0.39, 0.29) is 6.10 Å². The molecule has 0 saturated carbocycles. The van der Waals surface area contributed by atoms with Crippen LogP contribution in [0.4, 0.5) is 0 Å². The van der Waals surface area contributed by atoms with E-state index in [9.17, 15) is 5.11 Å². The third-order valence-electron chi connectivity index (χ3n) is 3.20. The summed E-state index contributed by atoms with van der Waals surface area (Å²) in [7, 11) is 0. The molecule has 2 atom stereocenters. The van der Waals surface area contributed by atoms with Gasteiger partial charge in [-0.25, -0.2) is 0 Å². The summed E-state index contributed by atoms with van der Waals surface area (Å²) in [5.41, 5.74) is 0.842. The molecule has 2 unspecified atom stereocenters. The van der Waals surface area contributed by atoms with E-state index in [2.05, 4.69) is 0 Å². The van der Waals surface area contributed by atoms with Gasteiger partial charge in [0, 0.05) is 18.2 Å². The molecule has 0 aromatic heterocycles. The quantitative estimate of drug-likeness (QED) is 0.867. The maximum atomic E-state index is 9.59. The molecule has 1 aromatic carbocycles. The fourth-order valence-corrected chi connectivity index (χ4v) is 2.23. The zero-order valence-electron chi connectivity index (χ0n) is 9.59. The van der Waals surface area contributed by atoms with Gasteiger partial charge < -0.3 is 19.3 Å². The molecule has 0 amide bonds. The summed E-state index contributed by atoms with van der Waals surface area (Å²) in [6, 6.07) is 5.56. The lowest BCUT2D eigenvalue weighted by atomic mass is 10.1. The third kappa shape index (κ3) is 2.23.